The highest BCUT2D eigenvalue weighted by Crippen LogP contribution is 2.26. The average Bonchev–Trinajstić information content (AvgIpc) is 2.71. The van der Waals surface area contributed by atoms with Crippen LogP contribution < -0.4 is 5.73 Å². The number of aliphatic hydroxyl groups excluding tert-OH is 1. The van der Waals surface area contributed by atoms with Crippen LogP contribution in [0.5, 0.6) is 0 Å². The van der Waals surface area contributed by atoms with Gasteiger partial charge in [-0.2, -0.15) is 0 Å². The molecule has 0 bridgehead atoms. The second kappa shape index (κ2) is 6.11. The number of likely N-dealkylation sites (tertiary alicyclic amines) is 1. The van der Waals surface area contributed by atoms with Crippen molar-refractivity contribution in [2.75, 3.05) is 32.9 Å². The summed E-state index contributed by atoms with van der Waals surface area (Å²) in [6.07, 6.45) is 0.160. The van der Waals surface area contributed by atoms with E-state index in [0.717, 1.165) is 11.0 Å². The molecule has 6 heteroatoms. The highest BCUT2D eigenvalue weighted by molar-refractivity contribution is 9.10. The van der Waals surface area contributed by atoms with Gasteiger partial charge in [-0.25, -0.2) is 0 Å². The Morgan fingerprint density at radius 3 is 2.90 bits per heavy atom. The second-order valence-electron chi connectivity index (χ2n) is 5.50. The third kappa shape index (κ3) is 3.31. The Hall–Kier alpha value is -1.11. The van der Waals surface area contributed by atoms with Crippen LogP contribution in [0.2, 0.25) is 0 Å². The standard InChI is InChI=1S/C14H20BrN3O2/c1-17(2)7-10-6-11(19)8-18(10)14(20)12-5-9(16)3-4-13(12)15/h3-5,10-11,19H,6-8,16H2,1-2H3. The summed E-state index contributed by atoms with van der Waals surface area (Å²) < 4.78 is 0.724. The fraction of sp³-hybridized carbons (Fsp3) is 0.500. The number of nitrogens with zero attached hydrogens (tertiary/aromatic N) is 2. The van der Waals surface area contributed by atoms with Crippen LogP contribution >= 0.6 is 15.9 Å². The molecule has 1 aliphatic heterocycles. The number of hydrogen-bond acceptors (Lipinski definition) is 4. The lowest BCUT2D eigenvalue weighted by Crippen LogP contribution is -2.41. The number of carbonyl (C=O) groups is 1. The summed E-state index contributed by atoms with van der Waals surface area (Å²) in [4.78, 5) is 16.4. The van der Waals surface area contributed by atoms with Gasteiger partial charge in [0.2, 0.25) is 0 Å². The van der Waals surface area contributed by atoms with Gasteiger partial charge in [0.25, 0.3) is 5.91 Å². The molecule has 1 aromatic rings. The molecule has 1 amide bonds. The Morgan fingerprint density at radius 1 is 1.55 bits per heavy atom. The number of anilines is 1. The second-order valence-corrected chi connectivity index (χ2v) is 6.36. The summed E-state index contributed by atoms with van der Waals surface area (Å²) in [6.45, 7) is 1.11. The van der Waals surface area contributed by atoms with Crippen LogP contribution in [0, 0.1) is 0 Å². The van der Waals surface area contributed by atoms with Crippen LogP contribution in [0.4, 0.5) is 5.69 Å². The van der Waals surface area contributed by atoms with Gasteiger partial charge in [0.15, 0.2) is 0 Å². The first-order valence-electron chi connectivity index (χ1n) is 6.57. The molecule has 1 heterocycles. The smallest absolute Gasteiger partial charge is 0.255 e. The molecule has 5 nitrogen and oxygen atoms in total. The minimum atomic E-state index is -0.455. The molecule has 20 heavy (non-hydrogen) atoms. The van der Waals surface area contributed by atoms with Crippen LogP contribution in [0.1, 0.15) is 16.8 Å². The molecule has 1 aliphatic rings. The number of rotatable bonds is 3. The summed E-state index contributed by atoms with van der Waals surface area (Å²) in [5, 5.41) is 9.85. The number of halogens is 1. The van der Waals surface area contributed by atoms with Crippen molar-refractivity contribution in [1.82, 2.24) is 9.80 Å². The fourth-order valence-corrected chi connectivity index (χ4v) is 3.01. The molecule has 0 spiro atoms. The van der Waals surface area contributed by atoms with Gasteiger partial charge in [-0.05, 0) is 54.6 Å². The molecule has 0 aromatic heterocycles. The number of aliphatic hydroxyl groups is 1. The Kier molecular flexibility index (Phi) is 4.67. The minimum Gasteiger partial charge on any atom is -0.399 e. The molecular formula is C14H20BrN3O2. The molecule has 2 unspecified atom stereocenters. The van der Waals surface area contributed by atoms with Crippen molar-refractivity contribution in [3.05, 3.63) is 28.2 Å². The van der Waals surface area contributed by atoms with Gasteiger partial charge in [-0.1, -0.05) is 0 Å². The van der Waals surface area contributed by atoms with Gasteiger partial charge < -0.3 is 20.6 Å². The van der Waals surface area contributed by atoms with Crippen molar-refractivity contribution < 1.29 is 9.90 Å². The minimum absolute atomic E-state index is 0.0285. The summed E-state index contributed by atoms with van der Waals surface area (Å²) in [6, 6.07) is 5.22. The molecule has 1 saturated heterocycles. The maximum atomic E-state index is 12.7. The first kappa shape index (κ1) is 15.3. The van der Waals surface area contributed by atoms with E-state index in [1.807, 2.05) is 19.0 Å². The lowest BCUT2D eigenvalue weighted by Gasteiger charge is -2.27. The quantitative estimate of drug-likeness (QED) is 0.809. The normalized spacial score (nSPS) is 22.6. The first-order valence-corrected chi connectivity index (χ1v) is 7.36. The van der Waals surface area contributed by atoms with E-state index >= 15 is 0 Å². The highest BCUT2D eigenvalue weighted by atomic mass is 79.9. The Bertz CT molecular complexity index is 507. The third-order valence-electron chi connectivity index (χ3n) is 3.45. The van der Waals surface area contributed by atoms with Crippen molar-refractivity contribution in [1.29, 1.82) is 0 Å². The lowest BCUT2D eigenvalue weighted by molar-refractivity contribution is 0.0698. The van der Waals surface area contributed by atoms with Crippen LogP contribution in [-0.4, -0.2) is 60.1 Å². The summed E-state index contributed by atoms with van der Waals surface area (Å²) in [7, 11) is 3.92. The van der Waals surface area contributed by atoms with Crippen LogP contribution in [0.25, 0.3) is 0 Å². The van der Waals surface area contributed by atoms with Crippen LogP contribution in [0.3, 0.4) is 0 Å². The lowest BCUT2D eigenvalue weighted by atomic mass is 10.1. The van der Waals surface area contributed by atoms with Crippen molar-refractivity contribution in [3.63, 3.8) is 0 Å². The summed E-state index contributed by atoms with van der Waals surface area (Å²) in [5.74, 6) is -0.0902. The number of benzene rings is 1. The molecule has 110 valence electrons. The Morgan fingerprint density at radius 2 is 2.25 bits per heavy atom. The number of likely N-dealkylation sites (N-methyl/N-ethyl adjacent to an activating group) is 1. The van der Waals surface area contributed by atoms with Crippen LogP contribution in [0.15, 0.2) is 22.7 Å². The molecule has 0 radical (unpaired) electrons. The molecule has 2 atom stereocenters. The molecule has 1 fully saturated rings. The predicted octanol–water partition coefficient (Wildman–Crippen LogP) is 1.17. The van der Waals surface area contributed by atoms with E-state index in [-0.39, 0.29) is 11.9 Å². The molecule has 2 rings (SSSR count). The van der Waals surface area contributed by atoms with Gasteiger partial charge in [0.1, 0.15) is 0 Å². The van der Waals surface area contributed by atoms with E-state index in [1.165, 1.54) is 0 Å². The van der Waals surface area contributed by atoms with Gasteiger partial charge in [-0.15, -0.1) is 0 Å². The summed E-state index contributed by atoms with van der Waals surface area (Å²) in [5.41, 5.74) is 6.86. The number of nitrogens with two attached hydrogens (primary N) is 1. The monoisotopic (exact) mass is 341 g/mol. The van der Waals surface area contributed by atoms with E-state index in [0.29, 0.717) is 24.2 Å². The van der Waals surface area contributed by atoms with Gasteiger partial charge in [-0.3, -0.25) is 4.79 Å². The zero-order chi connectivity index (χ0) is 14.9. The van der Waals surface area contributed by atoms with Crippen molar-refractivity contribution >= 4 is 27.5 Å². The number of nitrogen functional groups attached to an aromatic ring is 1. The van der Waals surface area contributed by atoms with E-state index in [4.69, 9.17) is 5.73 Å². The number of hydrogen-bond donors (Lipinski definition) is 2. The topological polar surface area (TPSA) is 69.8 Å². The fourth-order valence-electron chi connectivity index (χ4n) is 2.60. The van der Waals surface area contributed by atoms with Crippen molar-refractivity contribution in [2.24, 2.45) is 0 Å². The first-order chi connectivity index (χ1) is 9.38. The molecule has 1 aromatic carbocycles. The SMILES string of the molecule is CN(C)CC1CC(O)CN1C(=O)c1cc(N)ccc1Br. The maximum absolute atomic E-state index is 12.7. The van der Waals surface area contributed by atoms with Crippen molar-refractivity contribution in [3.8, 4) is 0 Å². The number of amides is 1. The summed E-state index contributed by atoms with van der Waals surface area (Å²) >= 11 is 3.39. The molecular weight excluding hydrogens is 322 g/mol. The molecule has 3 N–H and O–H groups in total. The molecule has 0 aliphatic carbocycles. The number of β-amino-alcohol motifs (C(OH)–C–C–N with tert-alkyl or cyclic N) is 1. The van der Waals surface area contributed by atoms with E-state index in [9.17, 15) is 9.90 Å². The predicted molar refractivity (Wildman–Crippen MR) is 82.6 cm³/mol. The molecule has 0 saturated carbocycles. The maximum Gasteiger partial charge on any atom is 0.255 e. The average molecular weight is 342 g/mol. The van der Waals surface area contributed by atoms with Crippen LogP contribution in [-0.2, 0) is 0 Å². The Balaban J connectivity index is 2.24. The zero-order valence-corrected chi connectivity index (χ0v) is 13.3. The van der Waals surface area contributed by atoms with Gasteiger partial charge >= 0.3 is 0 Å². The Labute approximate surface area is 127 Å². The third-order valence-corrected chi connectivity index (χ3v) is 4.14. The largest absolute Gasteiger partial charge is 0.399 e. The van der Waals surface area contributed by atoms with Crippen molar-refractivity contribution in [2.45, 2.75) is 18.6 Å². The number of carbonyl (C=O) groups excluding carboxylic acids is 1. The van der Waals surface area contributed by atoms with Gasteiger partial charge in [0, 0.05) is 29.3 Å². The van der Waals surface area contributed by atoms with E-state index in [1.54, 1.807) is 23.1 Å². The van der Waals surface area contributed by atoms with E-state index in [2.05, 4.69) is 15.9 Å². The van der Waals surface area contributed by atoms with Gasteiger partial charge in [0.05, 0.1) is 11.7 Å². The highest BCUT2D eigenvalue weighted by Gasteiger charge is 2.35. The van der Waals surface area contributed by atoms with E-state index < -0.39 is 6.10 Å². The zero-order valence-electron chi connectivity index (χ0n) is 11.7.